The molecule has 0 fully saturated rings. The first-order valence-corrected chi connectivity index (χ1v) is 7.00. The third-order valence-corrected chi connectivity index (χ3v) is 3.05. The van der Waals surface area contributed by atoms with Gasteiger partial charge in [0, 0.05) is 18.0 Å². The number of halogens is 2. The maximum absolute atomic E-state index is 12.3. The lowest BCUT2D eigenvalue weighted by Crippen LogP contribution is -2.44. The number of nitrogens with one attached hydrogen (secondary N) is 1. The Hall–Kier alpha value is -1.46. The van der Waals surface area contributed by atoms with Gasteiger partial charge in [0.15, 0.2) is 0 Å². The lowest BCUT2D eigenvalue weighted by atomic mass is 10.0. The fourth-order valence-corrected chi connectivity index (χ4v) is 2.13. The van der Waals surface area contributed by atoms with Crippen molar-refractivity contribution in [3.8, 4) is 0 Å². The molecule has 0 spiro atoms. The van der Waals surface area contributed by atoms with Gasteiger partial charge < -0.3 is 15.8 Å². The molecule has 1 amide bonds. The monoisotopic (exact) mass is 332 g/mol. The van der Waals surface area contributed by atoms with Gasteiger partial charge in [0.1, 0.15) is 0 Å². The molecule has 0 aliphatic rings. The Bertz CT molecular complexity index is 545. The molecule has 21 heavy (non-hydrogen) atoms. The Morgan fingerprint density at radius 2 is 1.71 bits per heavy atom. The number of hydrogen-bond acceptors (Lipinski definition) is 4. The van der Waals surface area contributed by atoms with E-state index in [4.69, 9.17) is 33.7 Å². The van der Waals surface area contributed by atoms with Gasteiger partial charge in [-0.15, -0.1) is 0 Å². The minimum absolute atomic E-state index is 0.193. The van der Waals surface area contributed by atoms with Crippen molar-refractivity contribution >= 4 is 40.8 Å². The molecule has 1 aromatic carbocycles. The van der Waals surface area contributed by atoms with Gasteiger partial charge in [-0.25, -0.2) is 0 Å². The zero-order chi connectivity index (χ0) is 16.4. The van der Waals surface area contributed by atoms with Gasteiger partial charge in [0.25, 0.3) is 5.91 Å². The van der Waals surface area contributed by atoms with E-state index in [9.17, 15) is 9.59 Å². The van der Waals surface area contributed by atoms with E-state index < -0.39 is 23.5 Å². The van der Waals surface area contributed by atoms with Crippen LogP contribution in [0.15, 0.2) is 12.1 Å². The molecule has 1 atom stereocenters. The molecule has 0 aliphatic carbocycles. The third-order valence-electron chi connectivity index (χ3n) is 2.42. The fraction of sp³-hybridized carbons (Fsp3) is 0.429. The van der Waals surface area contributed by atoms with Crippen LogP contribution in [0.3, 0.4) is 0 Å². The average molecular weight is 333 g/mol. The minimum Gasteiger partial charge on any atom is -0.447 e. The fourth-order valence-electron chi connectivity index (χ4n) is 1.63. The summed E-state index contributed by atoms with van der Waals surface area (Å²) < 4.78 is 5.08. The van der Waals surface area contributed by atoms with Crippen LogP contribution in [0.25, 0.3) is 0 Å². The molecule has 1 aromatic rings. The van der Waals surface area contributed by atoms with E-state index in [2.05, 4.69) is 5.32 Å². The zero-order valence-corrected chi connectivity index (χ0v) is 13.8. The second-order valence-corrected chi connectivity index (χ2v) is 6.44. The highest BCUT2D eigenvalue weighted by atomic mass is 35.5. The lowest BCUT2D eigenvalue weighted by Gasteiger charge is -2.25. The molecule has 1 rings (SSSR count). The predicted molar refractivity (Wildman–Crippen MR) is 83.3 cm³/mol. The highest BCUT2D eigenvalue weighted by Gasteiger charge is 2.28. The molecule has 5 nitrogen and oxygen atoms in total. The van der Waals surface area contributed by atoms with Crippen molar-refractivity contribution in [1.29, 1.82) is 0 Å². The van der Waals surface area contributed by atoms with Gasteiger partial charge in [-0.3, -0.25) is 9.59 Å². The number of rotatable bonds is 3. The van der Waals surface area contributed by atoms with E-state index in [0.29, 0.717) is 5.56 Å². The number of carbonyl (C=O) groups is 2. The Kier molecular flexibility index (Phi) is 5.48. The van der Waals surface area contributed by atoms with Crippen molar-refractivity contribution < 1.29 is 14.3 Å². The molecular formula is C14H18Cl2N2O3. The molecule has 116 valence electrons. The molecule has 3 N–H and O–H groups in total. The van der Waals surface area contributed by atoms with Crippen LogP contribution < -0.4 is 11.1 Å². The van der Waals surface area contributed by atoms with Crippen LogP contribution in [-0.2, 0) is 14.3 Å². The van der Waals surface area contributed by atoms with Crippen molar-refractivity contribution in [2.75, 3.05) is 5.73 Å². The Labute approximate surface area is 133 Å². The standard InChI is InChI=1S/C14H18Cl2N2O3/c1-7(19)21-12(13(20)18-14(2,3)4)8-5-9(15)11(17)10(16)6-8/h5-6,12H,17H2,1-4H3,(H,18,20). The van der Waals surface area contributed by atoms with E-state index in [1.54, 1.807) is 0 Å². The summed E-state index contributed by atoms with van der Waals surface area (Å²) in [7, 11) is 0. The normalized spacial score (nSPS) is 12.7. The number of hydrogen-bond donors (Lipinski definition) is 2. The Morgan fingerprint density at radius 1 is 1.24 bits per heavy atom. The number of carbonyl (C=O) groups excluding carboxylic acids is 2. The largest absolute Gasteiger partial charge is 0.447 e. The number of esters is 1. The Balaban J connectivity index is 3.19. The van der Waals surface area contributed by atoms with Crippen LogP contribution in [0.5, 0.6) is 0 Å². The third kappa shape index (κ3) is 5.10. The molecule has 0 heterocycles. The van der Waals surface area contributed by atoms with Crippen LogP contribution in [0.4, 0.5) is 5.69 Å². The van der Waals surface area contributed by atoms with E-state index in [1.807, 2.05) is 20.8 Å². The van der Waals surface area contributed by atoms with Crippen molar-refractivity contribution in [2.24, 2.45) is 0 Å². The molecule has 7 heteroatoms. The number of benzene rings is 1. The quantitative estimate of drug-likeness (QED) is 0.658. The van der Waals surface area contributed by atoms with Gasteiger partial charge in [-0.2, -0.15) is 0 Å². The van der Waals surface area contributed by atoms with Crippen molar-refractivity contribution in [1.82, 2.24) is 5.32 Å². The highest BCUT2D eigenvalue weighted by Crippen LogP contribution is 2.32. The van der Waals surface area contributed by atoms with E-state index in [1.165, 1.54) is 19.1 Å². The first kappa shape index (κ1) is 17.6. The van der Waals surface area contributed by atoms with Gasteiger partial charge in [-0.1, -0.05) is 23.2 Å². The van der Waals surface area contributed by atoms with Crippen molar-refractivity contribution in [3.63, 3.8) is 0 Å². The van der Waals surface area contributed by atoms with Gasteiger partial charge in [0.05, 0.1) is 15.7 Å². The van der Waals surface area contributed by atoms with Crippen molar-refractivity contribution in [3.05, 3.63) is 27.7 Å². The van der Waals surface area contributed by atoms with E-state index >= 15 is 0 Å². The Morgan fingerprint density at radius 3 is 2.10 bits per heavy atom. The minimum atomic E-state index is -1.14. The van der Waals surface area contributed by atoms with Crippen LogP contribution in [0.2, 0.25) is 10.0 Å². The first-order valence-electron chi connectivity index (χ1n) is 6.25. The highest BCUT2D eigenvalue weighted by molar-refractivity contribution is 6.39. The summed E-state index contributed by atoms with van der Waals surface area (Å²) in [4.78, 5) is 23.5. The second kappa shape index (κ2) is 6.54. The molecule has 0 radical (unpaired) electrons. The zero-order valence-electron chi connectivity index (χ0n) is 12.3. The number of nitrogen functional groups attached to an aromatic ring is 1. The van der Waals surface area contributed by atoms with Crippen molar-refractivity contribution in [2.45, 2.75) is 39.3 Å². The van der Waals surface area contributed by atoms with Crippen LogP contribution >= 0.6 is 23.2 Å². The number of ether oxygens (including phenoxy) is 1. The maximum Gasteiger partial charge on any atom is 0.303 e. The lowest BCUT2D eigenvalue weighted by molar-refractivity contribution is -0.155. The number of nitrogens with two attached hydrogens (primary N) is 1. The van der Waals surface area contributed by atoms with Crippen LogP contribution in [-0.4, -0.2) is 17.4 Å². The number of amides is 1. The molecule has 1 unspecified atom stereocenters. The van der Waals surface area contributed by atoms with Gasteiger partial charge in [0.2, 0.25) is 6.10 Å². The van der Waals surface area contributed by atoms with Gasteiger partial charge in [-0.05, 0) is 32.9 Å². The van der Waals surface area contributed by atoms with Crippen LogP contribution in [0, 0.1) is 0 Å². The summed E-state index contributed by atoms with van der Waals surface area (Å²) in [6.07, 6.45) is -1.14. The van der Waals surface area contributed by atoms with E-state index in [0.717, 1.165) is 0 Å². The average Bonchev–Trinajstić information content (AvgIpc) is 2.29. The summed E-state index contributed by atoms with van der Waals surface area (Å²) in [6, 6.07) is 2.91. The first-order chi connectivity index (χ1) is 9.51. The molecule has 0 saturated heterocycles. The summed E-state index contributed by atoms with van der Waals surface area (Å²) >= 11 is 11.9. The molecular weight excluding hydrogens is 315 g/mol. The smallest absolute Gasteiger partial charge is 0.303 e. The van der Waals surface area contributed by atoms with E-state index in [-0.39, 0.29) is 15.7 Å². The topological polar surface area (TPSA) is 81.4 Å². The SMILES string of the molecule is CC(=O)OC(C(=O)NC(C)(C)C)c1cc(Cl)c(N)c(Cl)c1. The molecule has 0 aromatic heterocycles. The molecule has 0 saturated carbocycles. The van der Waals surface area contributed by atoms with Crippen LogP contribution in [0.1, 0.15) is 39.4 Å². The predicted octanol–water partition coefficient (Wildman–Crippen LogP) is 3.09. The summed E-state index contributed by atoms with van der Waals surface area (Å²) in [6.45, 7) is 6.67. The maximum atomic E-state index is 12.3. The summed E-state index contributed by atoms with van der Waals surface area (Å²) in [5, 5.41) is 3.13. The number of anilines is 1. The molecule has 0 aliphatic heterocycles. The van der Waals surface area contributed by atoms with Gasteiger partial charge >= 0.3 is 5.97 Å². The summed E-state index contributed by atoms with van der Waals surface area (Å²) in [5.41, 5.74) is 5.75. The molecule has 0 bridgehead atoms. The summed E-state index contributed by atoms with van der Waals surface area (Å²) in [5.74, 6) is -1.05. The second-order valence-electron chi connectivity index (χ2n) is 5.63.